The van der Waals surface area contributed by atoms with Gasteiger partial charge in [0.1, 0.15) is 11.3 Å². The van der Waals surface area contributed by atoms with Crippen LogP contribution in [0.25, 0.3) is 21.3 Å². The minimum Gasteiger partial charge on any atom is -0.382 e. The fraction of sp³-hybridized carbons (Fsp3) is 0.500. The molecule has 3 aromatic rings. The predicted molar refractivity (Wildman–Crippen MR) is 102 cm³/mol. The number of rotatable bonds is 3. The lowest BCUT2D eigenvalue weighted by molar-refractivity contribution is 0.0660. The Hall–Kier alpha value is -1.22. The molecular formula is C16H20BrN5OS. The fourth-order valence-corrected chi connectivity index (χ4v) is 5.17. The first-order chi connectivity index (χ1) is 11.6. The second-order valence-corrected chi connectivity index (χ2v) is 8.57. The molecule has 0 spiro atoms. The van der Waals surface area contributed by atoms with Crippen molar-refractivity contribution in [1.82, 2.24) is 19.9 Å². The second kappa shape index (κ2) is 6.25. The highest BCUT2D eigenvalue weighted by molar-refractivity contribution is 9.11. The quantitative estimate of drug-likeness (QED) is 0.694. The first kappa shape index (κ1) is 16.3. The summed E-state index contributed by atoms with van der Waals surface area (Å²) in [6, 6.07) is 2.29. The number of hydrogen-bond acceptors (Lipinski definition) is 6. The molecule has 1 saturated heterocycles. The number of nitrogens with two attached hydrogens (primary N) is 1. The van der Waals surface area contributed by atoms with E-state index in [-0.39, 0.29) is 12.0 Å². The van der Waals surface area contributed by atoms with Crippen LogP contribution in [-0.4, -0.2) is 40.3 Å². The highest BCUT2D eigenvalue weighted by atomic mass is 79.9. The number of ether oxygens (including phenoxy) is 1. The van der Waals surface area contributed by atoms with Gasteiger partial charge in [-0.3, -0.25) is 0 Å². The maximum absolute atomic E-state index is 6.20. The Balaban J connectivity index is 1.91. The molecule has 4 rings (SSSR count). The summed E-state index contributed by atoms with van der Waals surface area (Å²) in [5.74, 6) is 1.81. The second-order valence-electron chi connectivity index (χ2n) is 6.14. The third-order valence-corrected chi connectivity index (χ3v) is 6.35. The Labute approximate surface area is 152 Å². The third kappa shape index (κ3) is 2.52. The van der Waals surface area contributed by atoms with E-state index in [9.17, 15) is 0 Å². The summed E-state index contributed by atoms with van der Waals surface area (Å²) in [7, 11) is 2.07. The molecule has 1 fully saturated rings. The van der Waals surface area contributed by atoms with Crippen LogP contribution in [0.2, 0.25) is 0 Å². The highest BCUT2D eigenvalue weighted by Crippen LogP contribution is 2.38. The average Bonchev–Trinajstić information content (AvgIpc) is 3.10. The van der Waals surface area contributed by atoms with E-state index in [2.05, 4.69) is 44.8 Å². The molecule has 0 bridgehead atoms. The third-order valence-electron chi connectivity index (χ3n) is 4.72. The molecule has 0 saturated carbocycles. The van der Waals surface area contributed by atoms with E-state index in [1.165, 1.54) is 0 Å². The number of anilines is 1. The number of aryl methyl sites for hydroxylation is 1. The van der Waals surface area contributed by atoms with Gasteiger partial charge < -0.3 is 20.4 Å². The molecule has 0 amide bonds. The van der Waals surface area contributed by atoms with E-state index in [0.717, 1.165) is 57.0 Å². The maximum atomic E-state index is 6.20. The van der Waals surface area contributed by atoms with Crippen LogP contribution in [0, 0.1) is 0 Å². The van der Waals surface area contributed by atoms with Gasteiger partial charge in [0.25, 0.3) is 0 Å². The number of nitrogen functional groups attached to an aromatic ring is 1. The number of pyridine rings is 1. The van der Waals surface area contributed by atoms with Gasteiger partial charge in [0, 0.05) is 25.6 Å². The van der Waals surface area contributed by atoms with E-state index in [1.807, 2.05) is 6.07 Å². The number of morpholine rings is 1. The number of fused-ring (bicyclic) bond motifs is 3. The van der Waals surface area contributed by atoms with Gasteiger partial charge >= 0.3 is 0 Å². The normalized spacial score (nSPS) is 20.0. The minimum absolute atomic E-state index is 0.277. The Morgan fingerprint density at radius 1 is 1.54 bits per heavy atom. The van der Waals surface area contributed by atoms with Crippen molar-refractivity contribution < 1.29 is 4.74 Å². The van der Waals surface area contributed by atoms with Gasteiger partial charge in [-0.25, -0.2) is 9.97 Å². The lowest BCUT2D eigenvalue weighted by Gasteiger charge is -2.30. The van der Waals surface area contributed by atoms with Crippen molar-refractivity contribution in [1.29, 1.82) is 0 Å². The monoisotopic (exact) mass is 409 g/mol. The van der Waals surface area contributed by atoms with E-state index >= 15 is 0 Å². The number of nitrogens with one attached hydrogen (secondary N) is 1. The SMILES string of the molecule is CCC(c1nc2c(N)nc3cc(Br)sc3c2n1C)C1COCCN1. The highest BCUT2D eigenvalue weighted by Gasteiger charge is 2.29. The molecular weight excluding hydrogens is 390 g/mol. The van der Waals surface area contributed by atoms with Crippen molar-refractivity contribution in [3.8, 4) is 0 Å². The van der Waals surface area contributed by atoms with Crippen LogP contribution < -0.4 is 11.1 Å². The van der Waals surface area contributed by atoms with Gasteiger partial charge in [0.2, 0.25) is 0 Å². The topological polar surface area (TPSA) is 78.0 Å². The van der Waals surface area contributed by atoms with Crippen molar-refractivity contribution in [3.05, 3.63) is 15.7 Å². The molecule has 1 aliphatic rings. The van der Waals surface area contributed by atoms with Crippen LogP contribution in [0.3, 0.4) is 0 Å². The number of imidazole rings is 1. The Morgan fingerprint density at radius 3 is 3.08 bits per heavy atom. The fourth-order valence-electron chi connectivity index (χ4n) is 3.56. The maximum Gasteiger partial charge on any atom is 0.152 e. The van der Waals surface area contributed by atoms with Gasteiger partial charge in [-0.1, -0.05) is 6.92 Å². The van der Waals surface area contributed by atoms with E-state index in [1.54, 1.807) is 11.3 Å². The molecule has 0 aromatic carbocycles. The molecule has 6 nitrogen and oxygen atoms in total. The number of hydrogen-bond donors (Lipinski definition) is 2. The Kier molecular flexibility index (Phi) is 4.24. The first-order valence-electron chi connectivity index (χ1n) is 8.12. The molecule has 128 valence electrons. The van der Waals surface area contributed by atoms with Crippen LogP contribution in [0.5, 0.6) is 0 Å². The van der Waals surface area contributed by atoms with Gasteiger partial charge in [-0.15, -0.1) is 11.3 Å². The van der Waals surface area contributed by atoms with Crippen LogP contribution in [0.15, 0.2) is 9.85 Å². The lowest BCUT2D eigenvalue weighted by Crippen LogP contribution is -2.45. The van der Waals surface area contributed by atoms with Crippen molar-refractivity contribution in [2.24, 2.45) is 7.05 Å². The van der Waals surface area contributed by atoms with Gasteiger partial charge in [-0.05, 0) is 28.4 Å². The molecule has 24 heavy (non-hydrogen) atoms. The number of halogens is 1. The Bertz CT molecular complexity index is 899. The molecule has 2 atom stereocenters. The molecule has 2 unspecified atom stereocenters. The molecule has 3 N–H and O–H groups in total. The van der Waals surface area contributed by atoms with E-state index in [0.29, 0.717) is 5.82 Å². The van der Waals surface area contributed by atoms with Crippen LogP contribution in [-0.2, 0) is 11.8 Å². The molecule has 1 aliphatic heterocycles. The average molecular weight is 410 g/mol. The summed E-state index contributed by atoms with van der Waals surface area (Å²) >= 11 is 5.22. The van der Waals surface area contributed by atoms with Gasteiger partial charge in [0.05, 0.1) is 32.7 Å². The summed E-state index contributed by atoms with van der Waals surface area (Å²) in [5, 5.41) is 3.57. The van der Waals surface area contributed by atoms with Crippen molar-refractivity contribution in [3.63, 3.8) is 0 Å². The summed E-state index contributed by atoms with van der Waals surface area (Å²) < 4.78 is 10.0. The molecule has 8 heteroatoms. The lowest BCUT2D eigenvalue weighted by atomic mass is 9.95. The Morgan fingerprint density at radius 2 is 2.38 bits per heavy atom. The molecule has 4 heterocycles. The summed E-state index contributed by atoms with van der Waals surface area (Å²) in [5.41, 5.74) is 8.98. The molecule has 0 radical (unpaired) electrons. The van der Waals surface area contributed by atoms with Crippen LogP contribution in [0.1, 0.15) is 25.1 Å². The number of thiophene rings is 1. The number of nitrogens with zero attached hydrogens (tertiary/aromatic N) is 3. The zero-order chi connectivity index (χ0) is 16.8. The molecule has 3 aromatic heterocycles. The van der Waals surface area contributed by atoms with Gasteiger partial charge in [0.15, 0.2) is 5.82 Å². The largest absolute Gasteiger partial charge is 0.382 e. The molecule has 0 aliphatic carbocycles. The van der Waals surface area contributed by atoms with Crippen LogP contribution >= 0.6 is 27.3 Å². The zero-order valence-electron chi connectivity index (χ0n) is 13.7. The summed E-state index contributed by atoms with van der Waals surface area (Å²) in [6.45, 7) is 4.57. The predicted octanol–water partition coefficient (Wildman–Crippen LogP) is 3.01. The first-order valence-corrected chi connectivity index (χ1v) is 9.73. The van der Waals surface area contributed by atoms with Crippen molar-refractivity contribution >= 4 is 54.3 Å². The smallest absolute Gasteiger partial charge is 0.152 e. The standard InChI is InChI=1S/C16H20BrN5OS/c1-3-8(10-7-23-5-4-19-10)16-21-12-13(22(16)2)14-9(20-15(12)18)6-11(17)24-14/h6,8,10,19H,3-5,7H2,1-2H3,(H2,18,20). The summed E-state index contributed by atoms with van der Waals surface area (Å²) in [4.78, 5) is 9.41. The van der Waals surface area contributed by atoms with Crippen molar-refractivity contribution in [2.45, 2.75) is 25.3 Å². The van der Waals surface area contributed by atoms with E-state index in [4.69, 9.17) is 15.5 Å². The van der Waals surface area contributed by atoms with Gasteiger partial charge in [-0.2, -0.15) is 0 Å². The zero-order valence-corrected chi connectivity index (χ0v) is 16.1. The minimum atomic E-state index is 0.277. The van der Waals surface area contributed by atoms with Crippen molar-refractivity contribution in [2.75, 3.05) is 25.5 Å². The van der Waals surface area contributed by atoms with Crippen LogP contribution in [0.4, 0.5) is 5.82 Å². The van der Waals surface area contributed by atoms with E-state index < -0.39 is 0 Å². The number of aromatic nitrogens is 3. The summed E-state index contributed by atoms with van der Waals surface area (Å²) in [6.07, 6.45) is 0.989.